The summed E-state index contributed by atoms with van der Waals surface area (Å²) in [5, 5.41) is 6.19. The molecule has 1 aliphatic heterocycles. The third-order valence-electron chi connectivity index (χ3n) is 4.09. The smallest absolute Gasteiger partial charge is 0.274 e. The fourth-order valence-corrected chi connectivity index (χ4v) is 3.74. The van der Waals surface area contributed by atoms with Gasteiger partial charge in [-0.2, -0.15) is 0 Å². The Bertz CT molecular complexity index is 809. The van der Waals surface area contributed by atoms with Crippen LogP contribution < -0.4 is 5.32 Å². The molecule has 1 saturated heterocycles. The maximum absolute atomic E-state index is 12.7. The lowest BCUT2D eigenvalue weighted by molar-refractivity contribution is -0.121. The molecule has 2 amide bonds. The Morgan fingerprint density at radius 1 is 1.28 bits per heavy atom. The van der Waals surface area contributed by atoms with Gasteiger partial charge in [-0.25, -0.2) is 4.98 Å². The van der Waals surface area contributed by atoms with Gasteiger partial charge in [0.05, 0.1) is 15.1 Å². The van der Waals surface area contributed by atoms with Crippen molar-refractivity contribution < 1.29 is 9.59 Å². The summed E-state index contributed by atoms with van der Waals surface area (Å²) in [6.45, 7) is 2.40. The molecule has 3 rings (SSSR count). The van der Waals surface area contributed by atoms with Gasteiger partial charge >= 0.3 is 0 Å². The Morgan fingerprint density at radius 3 is 2.76 bits per heavy atom. The molecule has 0 bridgehead atoms. The van der Waals surface area contributed by atoms with E-state index < -0.39 is 6.04 Å². The van der Waals surface area contributed by atoms with Crippen molar-refractivity contribution in [3.8, 4) is 0 Å². The molecular weight excluding hydrogens is 381 g/mol. The van der Waals surface area contributed by atoms with E-state index in [1.165, 1.54) is 11.3 Å². The van der Waals surface area contributed by atoms with Gasteiger partial charge in [-0.15, -0.1) is 11.3 Å². The van der Waals surface area contributed by atoms with Gasteiger partial charge in [-0.05, 0) is 44.4 Å². The minimum Gasteiger partial charge on any atom is -0.325 e. The van der Waals surface area contributed by atoms with Crippen LogP contribution in [0.1, 0.15) is 34.8 Å². The van der Waals surface area contributed by atoms with Crippen molar-refractivity contribution in [2.45, 2.75) is 32.2 Å². The first-order valence-corrected chi connectivity index (χ1v) is 9.58. The van der Waals surface area contributed by atoms with Crippen molar-refractivity contribution in [3.63, 3.8) is 0 Å². The van der Waals surface area contributed by atoms with Crippen LogP contribution in [0.5, 0.6) is 0 Å². The van der Waals surface area contributed by atoms with Crippen LogP contribution in [0.3, 0.4) is 0 Å². The monoisotopic (exact) mass is 397 g/mol. The number of benzene rings is 1. The van der Waals surface area contributed by atoms with Crippen LogP contribution in [0.2, 0.25) is 10.0 Å². The normalized spacial score (nSPS) is 17.4. The average molecular weight is 398 g/mol. The van der Waals surface area contributed by atoms with E-state index in [1.807, 2.05) is 6.92 Å². The zero-order valence-electron chi connectivity index (χ0n) is 13.6. The highest BCUT2D eigenvalue weighted by molar-refractivity contribution is 7.09. The largest absolute Gasteiger partial charge is 0.325 e. The molecule has 5 nitrogen and oxygen atoms in total. The number of halogens is 2. The Hall–Kier alpha value is -1.63. The van der Waals surface area contributed by atoms with Gasteiger partial charge in [-0.1, -0.05) is 23.2 Å². The van der Waals surface area contributed by atoms with Crippen LogP contribution in [-0.4, -0.2) is 34.3 Å². The van der Waals surface area contributed by atoms with Gasteiger partial charge in [0.2, 0.25) is 5.91 Å². The fraction of sp³-hybridized carbons (Fsp3) is 0.353. The molecule has 1 unspecified atom stereocenters. The van der Waals surface area contributed by atoms with Gasteiger partial charge in [0, 0.05) is 17.6 Å². The highest BCUT2D eigenvalue weighted by atomic mass is 35.5. The van der Waals surface area contributed by atoms with Crippen LogP contribution in [0.4, 0.5) is 5.69 Å². The molecule has 1 N–H and O–H groups in total. The predicted molar refractivity (Wildman–Crippen MR) is 101 cm³/mol. The average Bonchev–Trinajstić information content (AvgIpc) is 3.04. The Morgan fingerprint density at radius 2 is 2.08 bits per heavy atom. The van der Waals surface area contributed by atoms with E-state index in [-0.39, 0.29) is 11.8 Å². The molecule has 1 aliphatic rings. The van der Waals surface area contributed by atoms with E-state index >= 15 is 0 Å². The number of piperidine rings is 1. The number of carbonyl (C=O) groups excluding carboxylic acids is 2. The molecular formula is C17H17Cl2N3O2S. The number of amides is 2. The number of anilines is 1. The number of aromatic nitrogens is 1. The van der Waals surface area contributed by atoms with Crippen molar-refractivity contribution in [2.75, 3.05) is 11.9 Å². The molecule has 2 heterocycles. The second-order valence-electron chi connectivity index (χ2n) is 5.88. The SMILES string of the molecule is Cc1nc(C(=O)N2CCCCC2C(=O)Nc2ccc(Cl)c(Cl)c2)cs1. The number of rotatable bonds is 3. The minimum absolute atomic E-state index is 0.196. The standard InChI is InChI=1S/C17H17Cl2N3O2S/c1-10-20-14(9-25-10)17(24)22-7-3-2-4-15(22)16(23)21-11-5-6-12(18)13(19)8-11/h5-6,8-9,15H,2-4,7H2,1H3,(H,21,23). The van der Waals surface area contributed by atoms with E-state index in [4.69, 9.17) is 23.2 Å². The van der Waals surface area contributed by atoms with Crippen LogP contribution in [-0.2, 0) is 4.79 Å². The van der Waals surface area contributed by atoms with Crippen molar-refractivity contribution in [1.82, 2.24) is 9.88 Å². The number of nitrogens with zero attached hydrogens (tertiary/aromatic N) is 2. The summed E-state index contributed by atoms with van der Waals surface area (Å²) in [6.07, 6.45) is 2.41. The van der Waals surface area contributed by atoms with Crippen LogP contribution in [0.25, 0.3) is 0 Å². The summed E-state index contributed by atoms with van der Waals surface area (Å²) in [7, 11) is 0. The molecule has 8 heteroatoms. The summed E-state index contributed by atoms with van der Waals surface area (Å²) >= 11 is 13.3. The van der Waals surface area contributed by atoms with Gasteiger partial charge in [0.25, 0.3) is 5.91 Å². The Balaban J connectivity index is 1.76. The molecule has 0 saturated carbocycles. The maximum Gasteiger partial charge on any atom is 0.274 e. The molecule has 25 heavy (non-hydrogen) atoms. The molecule has 1 atom stereocenters. The van der Waals surface area contributed by atoms with Crippen LogP contribution in [0, 0.1) is 6.92 Å². The maximum atomic E-state index is 12.7. The van der Waals surface area contributed by atoms with Crippen molar-refractivity contribution in [3.05, 3.63) is 44.3 Å². The number of hydrogen-bond donors (Lipinski definition) is 1. The predicted octanol–water partition coefficient (Wildman–Crippen LogP) is 4.39. The number of carbonyl (C=O) groups is 2. The second kappa shape index (κ2) is 7.72. The van der Waals surface area contributed by atoms with Gasteiger partial charge in [-0.3, -0.25) is 9.59 Å². The van der Waals surface area contributed by atoms with E-state index in [0.29, 0.717) is 34.4 Å². The molecule has 1 fully saturated rings. The summed E-state index contributed by atoms with van der Waals surface area (Å²) in [5.41, 5.74) is 0.957. The first kappa shape index (κ1) is 18.2. The topological polar surface area (TPSA) is 62.3 Å². The number of thiazole rings is 1. The summed E-state index contributed by atoms with van der Waals surface area (Å²) in [5.74, 6) is -0.420. The quantitative estimate of drug-likeness (QED) is 0.834. The molecule has 1 aromatic carbocycles. The first-order chi connectivity index (χ1) is 12.0. The number of nitrogens with one attached hydrogen (secondary N) is 1. The number of aryl methyl sites for hydroxylation is 1. The van der Waals surface area contributed by atoms with Crippen LogP contribution in [0.15, 0.2) is 23.6 Å². The lowest BCUT2D eigenvalue weighted by atomic mass is 10.0. The Kier molecular flexibility index (Phi) is 5.61. The van der Waals surface area contributed by atoms with E-state index in [1.54, 1.807) is 28.5 Å². The molecule has 0 aliphatic carbocycles. The summed E-state index contributed by atoms with van der Waals surface area (Å²) < 4.78 is 0. The fourth-order valence-electron chi connectivity index (χ4n) is 2.86. The second-order valence-corrected chi connectivity index (χ2v) is 7.76. The van der Waals surface area contributed by atoms with E-state index in [9.17, 15) is 9.59 Å². The zero-order valence-corrected chi connectivity index (χ0v) is 15.9. The van der Waals surface area contributed by atoms with E-state index in [2.05, 4.69) is 10.3 Å². The van der Waals surface area contributed by atoms with Crippen molar-refractivity contribution >= 4 is 52.0 Å². The third-order valence-corrected chi connectivity index (χ3v) is 5.60. The molecule has 0 spiro atoms. The van der Waals surface area contributed by atoms with Crippen molar-refractivity contribution in [1.29, 1.82) is 0 Å². The summed E-state index contributed by atoms with van der Waals surface area (Å²) in [4.78, 5) is 31.3. The minimum atomic E-state index is -0.516. The van der Waals surface area contributed by atoms with Gasteiger partial charge in [0.15, 0.2) is 0 Å². The van der Waals surface area contributed by atoms with Crippen molar-refractivity contribution in [2.24, 2.45) is 0 Å². The molecule has 1 aromatic heterocycles. The third kappa shape index (κ3) is 4.14. The first-order valence-electron chi connectivity index (χ1n) is 7.94. The van der Waals surface area contributed by atoms with E-state index in [0.717, 1.165) is 17.8 Å². The summed E-state index contributed by atoms with van der Waals surface area (Å²) in [6, 6.07) is 4.39. The molecule has 132 valence electrons. The number of hydrogen-bond acceptors (Lipinski definition) is 4. The lowest BCUT2D eigenvalue weighted by Gasteiger charge is -2.34. The molecule has 2 aromatic rings. The number of likely N-dealkylation sites (tertiary alicyclic amines) is 1. The van der Waals surface area contributed by atoms with Gasteiger partial charge in [0.1, 0.15) is 11.7 Å². The zero-order chi connectivity index (χ0) is 18.0. The molecule has 0 radical (unpaired) electrons. The highest BCUT2D eigenvalue weighted by Gasteiger charge is 2.33. The van der Waals surface area contributed by atoms with Gasteiger partial charge < -0.3 is 10.2 Å². The highest BCUT2D eigenvalue weighted by Crippen LogP contribution is 2.26. The lowest BCUT2D eigenvalue weighted by Crippen LogP contribution is -2.50. The Labute approximate surface area is 160 Å². The van der Waals surface area contributed by atoms with Crippen LogP contribution >= 0.6 is 34.5 Å².